The Hall–Kier alpha value is -1.07. The number of alkyl carbamates (subject to hydrolysis) is 1. The number of hydrogen-bond acceptors (Lipinski definition) is 3. The van der Waals surface area contributed by atoms with E-state index in [2.05, 4.69) is 50.4 Å². The summed E-state index contributed by atoms with van der Waals surface area (Å²) >= 11 is 3.47. The van der Waals surface area contributed by atoms with Gasteiger partial charge in [0.2, 0.25) is 0 Å². The van der Waals surface area contributed by atoms with Gasteiger partial charge in [-0.1, -0.05) is 28.1 Å². The molecule has 0 spiro atoms. The Balaban J connectivity index is 1.62. The standard InChI is InChI=1S/C19H29BrN2O2/c1-19(2,3)24-18(23)21-17-10-13-22(14-11-17)12-4-5-15-6-8-16(20)9-7-15/h6-9,17H,4-5,10-14H2,1-3H3,(H,21,23). The first-order valence-corrected chi connectivity index (χ1v) is 9.57. The van der Waals surface area contributed by atoms with Gasteiger partial charge < -0.3 is 15.0 Å². The van der Waals surface area contributed by atoms with Crippen LogP contribution in [0.4, 0.5) is 4.79 Å². The van der Waals surface area contributed by atoms with Crippen molar-refractivity contribution in [2.24, 2.45) is 0 Å². The summed E-state index contributed by atoms with van der Waals surface area (Å²) in [5.74, 6) is 0. The molecule has 2 rings (SSSR count). The molecular weight excluding hydrogens is 368 g/mol. The molecule has 0 aliphatic carbocycles. The topological polar surface area (TPSA) is 41.6 Å². The maximum absolute atomic E-state index is 11.8. The fourth-order valence-corrected chi connectivity index (χ4v) is 3.20. The molecule has 24 heavy (non-hydrogen) atoms. The monoisotopic (exact) mass is 396 g/mol. The van der Waals surface area contributed by atoms with Gasteiger partial charge in [-0.15, -0.1) is 0 Å². The summed E-state index contributed by atoms with van der Waals surface area (Å²) in [6.45, 7) is 8.87. The molecule has 0 aromatic heterocycles. The number of rotatable bonds is 5. The first-order chi connectivity index (χ1) is 11.3. The molecule has 0 bridgehead atoms. The Labute approximate surface area is 154 Å². The fraction of sp³-hybridized carbons (Fsp3) is 0.632. The predicted octanol–water partition coefficient (Wildman–Crippen LogP) is 4.37. The summed E-state index contributed by atoms with van der Waals surface area (Å²) in [6, 6.07) is 8.80. The number of aryl methyl sites for hydroxylation is 1. The number of benzene rings is 1. The normalized spacial score (nSPS) is 16.8. The lowest BCUT2D eigenvalue weighted by Gasteiger charge is -2.32. The van der Waals surface area contributed by atoms with Crippen molar-refractivity contribution >= 4 is 22.0 Å². The predicted molar refractivity (Wildman–Crippen MR) is 101 cm³/mol. The maximum atomic E-state index is 11.8. The van der Waals surface area contributed by atoms with Gasteiger partial charge in [0, 0.05) is 23.6 Å². The number of carbonyl (C=O) groups excluding carboxylic acids is 1. The molecule has 1 amide bonds. The Bertz CT molecular complexity index is 517. The molecule has 1 saturated heterocycles. The third-order valence-corrected chi connectivity index (χ3v) is 4.69. The molecule has 134 valence electrons. The molecular formula is C19H29BrN2O2. The van der Waals surface area contributed by atoms with Crippen LogP contribution < -0.4 is 5.32 Å². The number of halogens is 1. The molecule has 1 aliphatic rings. The van der Waals surface area contributed by atoms with Gasteiger partial charge in [0.25, 0.3) is 0 Å². The summed E-state index contributed by atoms with van der Waals surface area (Å²) in [5, 5.41) is 2.99. The van der Waals surface area contributed by atoms with Gasteiger partial charge in [-0.2, -0.15) is 0 Å². The molecule has 0 unspecified atom stereocenters. The SMILES string of the molecule is CC(C)(C)OC(=O)NC1CCN(CCCc2ccc(Br)cc2)CC1. The van der Waals surface area contributed by atoms with Crippen molar-refractivity contribution in [3.05, 3.63) is 34.3 Å². The van der Waals surface area contributed by atoms with Gasteiger partial charge in [0.15, 0.2) is 0 Å². The number of piperidine rings is 1. The number of hydrogen-bond donors (Lipinski definition) is 1. The molecule has 1 fully saturated rings. The zero-order valence-electron chi connectivity index (χ0n) is 15.0. The molecule has 1 heterocycles. The number of carbonyl (C=O) groups is 1. The Morgan fingerprint density at radius 2 is 1.88 bits per heavy atom. The lowest BCUT2D eigenvalue weighted by Crippen LogP contribution is -2.46. The van der Waals surface area contributed by atoms with Crippen LogP contribution in [-0.4, -0.2) is 42.3 Å². The first kappa shape index (κ1) is 19.3. The zero-order chi connectivity index (χ0) is 17.6. The second-order valence-corrected chi connectivity index (χ2v) is 8.41. The molecule has 1 aromatic carbocycles. The van der Waals surface area contributed by atoms with Crippen molar-refractivity contribution in [3.8, 4) is 0 Å². The fourth-order valence-electron chi connectivity index (χ4n) is 2.93. The lowest BCUT2D eigenvalue weighted by atomic mass is 10.0. The summed E-state index contributed by atoms with van der Waals surface area (Å²) < 4.78 is 6.45. The number of likely N-dealkylation sites (tertiary alicyclic amines) is 1. The minimum atomic E-state index is -0.433. The van der Waals surface area contributed by atoms with E-state index in [4.69, 9.17) is 4.74 Å². The molecule has 5 heteroatoms. The largest absolute Gasteiger partial charge is 0.444 e. The highest BCUT2D eigenvalue weighted by Crippen LogP contribution is 2.15. The Morgan fingerprint density at radius 1 is 1.25 bits per heavy atom. The number of ether oxygens (including phenoxy) is 1. The van der Waals surface area contributed by atoms with Gasteiger partial charge in [0.1, 0.15) is 5.60 Å². The lowest BCUT2D eigenvalue weighted by molar-refractivity contribution is 0.0479. The third-order valence-electron chi connectivity index (χ3n) is 4.16. The molecule has 1 N–H and O–H groups in total. The van der Waals surface area contributed by atoms with E-state index < -0.39 is 5.60 Å². The van der Waals surface area contributed by atoms with Gasteiger partial charge >= 0.3 is 6.09 Å². The summed E-state index contributed by atoms with van der Waals surface area (Å²) in [4.78, 5) is 14.3. The van der Waals surface area contributed by atoms with Crippen LogP contribution in [0.15, 0.2) is 28.7 Å². The van der Waals surface area contributed by atoms with E-state index in [1.165, 1.54) is 12.0 Å². The van der Waals surface area contributed by atoms with Crippen molar-refractivity contribution in [2.45, 2.75) is 58.1 Å². The van der Waals surface area contributed by atoms with Gasteiger partial charge in [0.05, 0.1) is 0 Å². The second kappa shape index (κ2) is 8.86. The van der Waals surface area contributed by atoms with Crippen molar-refractivity contribution in [3.63, 3.8) is 0 Å². The van der Waals surface area contributed by atoms with E-state index in [1.807, 2.05) is 20.8 Å². The van der Waals surface area contributed by atoms with Crippen LogP contribution in [0.25, 0.3) is 0 Å². The minimum Gasteiger partial charge on any atom is -0.444 e. The van der Waals surface area contributed by atoms with E-state index >= 15 is 0 Å². The Morgan fingerprint density at radius 3 is 2.46 bits per heavy atom. The Kier molecular flexibility index (Phi) is 7.11. The van der Waals surface area contributed by atoms with E-state index in [9.17, 15) is 4.79 Å². The van der Waals surface area contributed by atoms with Crippen LogP contribution in [0.3, 0.4) is 0 Å². The van der Waals surface area contributed by atoms with Crippen molar-refractivity contribution in [2.75, 3.05) is 19.6 Å². The average Bonchev–Trinajstić information content (AvgIpc) is 2.49. The molecule has 1 aliphatic heterocycles. The van der Waals surface area contributed by atoms with E-state index in [0.29, 0.717) is 0 Å². The second-order valence-electron chi connectivity index (χ2n) is 7.49. The summed E-state index contributed by atoms with van der Waals surface area (Å²) in [5.41, 5.74) is 0.956. The summed E-state index contributed by atoms with van der Waals surface area (Å²) in [7, 11) is 0. The quantitative estimate of drug-likeness (QED) is 0.802. The van der Waals surface area contributed by atoms with Crippen molar-refractivity contribution in [1.29, 1.82) is 0 Å². The van der Waals surface area contributed by atoms with Crippen LogP contribution >= 0.6 is 15.9 Å². The zero-order valence-corrected chi connectivity index (χ0v) is 16.6. The van der Waals surface area contributed by atoms with E-state index in [1.54, 1.807) is 0 Å². The van der Waals surface area contributed by atoms with Crippen LogP contribution in [0, 0.1) is 0 Å². The highest BCUT2D eigenvalue weighted by atomic mass is 79.9. The van der Waals surface area contributed by atoms with Gasteiger partial charge in [-0.05, 0) is 70.7 Å². The highest BCUT2D eigenvalue weighted by molar-refractivity contribution is 9.10. The first-order valence-electron chi connectivity index (χ1n) is 8.78. The summed E-state index contributed by atoms with van der Waals surface area (Å²) in [6.07, 6.45) is 3.99. The van der Waals surface area contributed by atoms with Gasteiger partial charge in [-0.25, -0.2) is 4.79 Å². The molecule has 4 nitrogen and oxygen atoms in total. The van der Waals surface area contributed by atoms with Crippen molar-refractivity contribution in [1.82, 2.24) is 10.2 Å². The van der Waals surface area contributed by atoms with Crippen LogP contribution in [-0.2, 0) is 11.2 Å². The smallest absolute Gasteiger partial charge is 0.407 e. The van der Waals surface area contributed by atoms with Gasteiger partial charge in [-0.3, -0.25) is 0 Å². The van der Waals surface area contributed by atoms with Crippen LogP contribution in [0.1, 0.15) is 45.6 Å². The third kappa shape index (κ3) is 7.22. The number of nitrogens with one attached hydrogen (secondary N) is 1. The van der Waals surface area contributed by atoms with E-state index in [0.717, 1.165) is 43.4 Å². The van der Waals surface area contributed by atoms with Crippen LogP contribution in [0.2, 0.25) is 0 Å². The van der Waals surface area contributed by atoms with Crippen molar-refractivity contribution < 1.29 is 9.53 Å². The number of nitrogens with zero attached hydrogens (tertiary/aromatic N) is 1. The molecule has 0 saturated carbocycles. The minimum absolute atomic E-state index is 0.238. The molecule has 0 atom stereocenters. The maximum Gasteiger partial charge on any atom is 0.407 e. The number of amides is 1. The molecule has 0 radical (unpaired) electrons. The van der Waals surface area contributed by atoms with Crippen LogP contribution in [0.5, 0.6) is 0 Å². The highest BCUT2D eigenvalue weighted by Gasteiger charge is 2.23. The van der Waals surface area contributed by atoms with E-state index in [-0.39, 0.29) is 12.1 Å². The molecule has 1 aromatic rings. The average molecular weight is 397 g/mol.